The number of aliphatic hydroxyl groups is 1. The van der Waals surface area contributed by atoms with Crippen molar-refractivity contribution in [1.82, 2.24) is 0 Å². The van der Waals surface area contributed by atoms with Crippen LogP contribution < -0.4 is 0 Å². The minimum absolute atomic E-state index is 0.344. The lowest BCUT2D eigenvalue weighted by molar-refractivity contribution is 0.282. The van der Waals surface area contributed by atoms with E-state index in [-0.39, 0.29) is 0 Å². The predicted octanol–water partition coefficient (Wildman–Crippen LogP) is 6.51. The van der Waals surface area contributed by atoms with E-state index in [1.54, 1.807) is 0 Å². The molecule has 0 aromatic rings. The third-order valence-corrected chi connectivity index (χ3v) is 4.73. The molecule has 2 heteroatoms. The van der Waals surface area contributed by atoms with Gasteiger partial charge in [0.25, 0.3) is 0 Å². The fourth-order valence-electron chi connectivity index (χ4n) is 3.03. The van der Waals surface area contributed by atoms with Crippen LogP contribution in [0, 0.1) is 0 Å². The fraction of sp³-hybridized carbons (Fsp3) is 0.739. The van der Waals surface area contributed by atoms with E-state index in [1.165, 1.54) is 57.8 Å². The van der Waals surface area contributed by atoms with Gasteiger partial charge in [-0.05, 0) is 51.4 Å². The van der Waals surface area contributed by atoms with Gasteiger partial charge < -0.3 is 9.84 Å². The molecule has 1 heterocycles. The average Bonchev–Trinajstić information content (AvgIpc) is 3.38. The first-order chi connectivity index (χ1) is 12.4. The third-order valence-electron chi connectivity index (χ3n) is 4.73. The molecule has 144 valence electrons. The molecule has 1 aliphatic rings. The van der Waals surface area contributed by atoms with Crippen molar-refractivity contribution >= 4 is 0 Å². The largest absolute Gasteiger partial charge is 0.396 e. The Hall–Kier alpha value is -0.860. The van der Waals surface area contributed by atoms with Crippen molar-refractivity contribution in [2.45, 2.75) is 103 Å². The Labute approximate surface area is 156 Å². The topological polar surface area (TPSA) is 32.8 Å². The highest BCUT2D eigenvalue weighted by molar-refractivity contribution is 5.03. The van der Waals surface area contributed by atoms with Gasteiger partial charge in [0.1, 0.15) is 0 Å². The zero-order chi connectivity index (χ0) is 18.0. The number of hydrogen-bond acceptors (Lipinski definition) is 2. The van der Waals surface area contributed by atoms with E-state index in [1.807, 2.05) is 0 Å². The second-order valence-electron chi connectivity index (χ2n) is 7.12. The maximum Gasteiger partial charge on any atom is 0.0844 e. The molecule has 2 atom stereocenters. The number of ether oxygens (including phenoxy) is 1. The number of allylic oxidation sites excluding steroid dienone is 6. The van der Waals surface area contributed by atoms with E-state index in [4.69, 9.17) is 9.84 Å². The van der Waals surface area contributed by atoms with E-state index in [0.29, 0.717) is 18.8 Å². The predicted molar refractivity (Wildman–Crippen MR) is 109 cm³/mol. The Kier molecular flexibility index (Phi) is 14.7. The van der Waals surface area contributed by atoms with Crippen molar-refractivity contribution in [1.29, 1.82) is 0 Å². The Morgan fingerprint density at radius 3 is 2.12 bits per heavy atom. The highest BCUT2D eigenvalue weighted by Crippen LogP contribution is 2.30. The first-order valence-corrected chi connectivity index (χ1v) is 10.6. The van der Waals surface area contributed by atoms with Gasteiger partial charge in [-0.1, -0.05) is 75.5 Å². The minimum atomic E-state index is 0.344. The van der Waals surface area contributed by atoms with Crippen LogP contribution in [0.5, 0.6) is 0 Å². The van der Waals surface area contributed by atoms with Crippen LogP contribution in [0.15, 0.2) is 36.5 Å². The molecule has 0 saturated carbocycles. The number of unbranched alkanes of at least 4 members (excludes halogenated alkanes) is 7. The summed E-state index contributed by atoms with van der Waals surface area (Å²) in [5.74, 6) is 0. The Bertz CT molecular complexity index is 370. The molecule has 25 heavy (non-hydrogen) atoms. The quantitative estimate of drug-likeness (QED) is 0.141. The van der Waals surface area contributed by atoms with Gasteiger partial charge in [0.15, 0.2) is 0 Å². The van der Waals surface area contributed by atoms with Crippen molar-refractivity contribution in [3.8, 4) is 0 Å². The molecule has 0 bridgehead atoms. The molecule has 0 radical (unpaired) electrons. The molecular formula is C23H40O2. The van der Waals surface area contributed by atoms with Gasteiger partial charge in [-0.15, -0.1) is 0 Å². The van der Waals surface area contributed by atoms with Crippen molar-refractivity contribution in [2.75, 3.05) is 6.61 Å². The van der Waals surface area contributed by atoms with Crippen LogP contribution in [0.25, 0.3) is 0 Å². The van der Waals surface area contributed by atoms with Gasteiger partial charge in [-0.2, -0.15) is 0 Å². The smallest absolute Gasteiger partial charge is 0.0844 e. The standard InChI is InChI=1S/C23H40O2/c1-2-3-19-22-23(25-22)20-17-15-13-11-9-7-5-4-6-8-10-12-14-16-18-21-24/h4,6,9,11,13,15,22-24H,2-3,5,7-8,10,12,14,16-21H2,1H3/b6-4+,11-9+,15-13+. The molecular weight excluding hydrogens is 308 g/mol. The number of rotatable bonds is 17. The second kappa shape index (κ2) is 16.6. The van der Waals surface area contributed by atoms with Gasteiger partial charge in [-0.3, -0.25) is 0 Å². The van der Waals surface area contributed by atoms with Gasteiger partial charge >= 0.3 is 0 Å². The van der Waals surface area contributed by atoms with Crippen LogP contribution >= 0.6 is 0 Å². The molecule has 2 unspecified atom stereocenters. The normalized spacial score (nSPS) is 20.4. The maximum absolute atomic E-state index is 8.70. The molecule has 0 amide bonds. The molecule has 1 fully saturated rings. The third kappa shape index (κ3) is 14.0. The summed E-state index contributed by atoms with van der Waals surface area (Å²) in [6.07, 6.45) is 30.2. The lowest BCUT2D eigenvalue weighted by atomic mass is 10.1. The molecule has 1 saturated heterocycles. The van der Waals surface area contributed by atoms with E-state index in [9.17, 15) is 0 Å². The molecule has 1 N–H and O–H groups in total. The molecule has 1 rings (SSSR count). The summed E-state index contributed by atoms with van der Waals surface area (Å²) >= 11 is 0. The summed E-state index contributed by atoms with van der Waals surface area (Å²) in [5.41, 5.74) is 0. The molecule has 0 aliphatic carbocycles. The second-order valence-corrected chi connectivity index (χ2v) is 7.12. The molecule has 0 aromatic carbocycles. The zero-order valence-electron chi connectivity index (χ0n) is 16.4. The Morgan fingerprint density at radius 1 is 0.680 bits per heavy atom. The van der Waals surface area contributed by atoms with Crippen LogP contribution in [0.3, 0.4) is 0 Å². The summed E-state index contributed by atoms with van der Waals surface area (Å²) in [6.45, 7) is 2.59. The molecule has 0 spiro atoms. The van der Waals surface area contributed by atoms with Crippen molar-refractivity contribution in [3.63, 3.8) is 0 Å². The Balaban J connectivity index is 1.83. The van der Waals surface area contributed by atoms with Gasteiger partial charge in [-0.25, -0.2) is 0 Å². The first kappa shape index (κ1) is 22.2. The monoisotopic (exact) mass is 348 g/mol. The maximum atomic E-state index is 8.70. The van der Waals surface area contributed by atoms with E-state index in [2.05, 4.69) is 43.4 Å². The summed E-state index contributed by atoms with van der Waals surface area (Å²) in [4.78, 5) is 0. The summed E-state index contributed by atoms with van der Waals surface area (Å²) < 4.78 is 5.67. The summed E-state index contributed by atoms with van der Waals surface area (Å²) in [6, 6.07) is 0. The highest BCUT2D eigenvalue weighted by Gasteiger charge is 2.36. The van der Waals surface area contributed by atoms with Crippen LogP contribution in [-0.4, -0.2) is 23.9 Å². The number of aliphatic hydroxyl groups excluding tert-OH is 1. The summed E-state index contributed by atoms with van der Waals surface area (Å²) in [5, 5.41) is 8.70. The molecule has 2 nitrogen and oxygen atoms in total. The lowest BCUT2D eigenvalue weighted by Gasteiger charge is -1.97. The van der Waals surface area contributed by atoms with E-state index in [0.717, 1.165) is 25.7 Å². The molecule has 0 aromatic heterocycles. The first-order valence-electron chi connectivity index (χ1n) is 10.6. The molecule has 1 aliphatic heterocycles. The van der Waals surface area contributed by atoms with E-state index >= 15 is 0 Å². The SMILES string of the molecule is CCCCC1OC1CC/C=C/C=C/CC/C=C/CCCCCCCO. The fourth-order valence-corrected chi connectivity index (χ4v) is 3.03. The van der Waals surface area contributed by atoms with Gasteiger partial charge in [0, 0.05) is 6.61 Å². The van der Waals surface area contributed by atoms with E-state index < -0.39 is 0 Å². The van der Waals surface area contributed by atoms with Crippen molar-refractivity contribution in [3.05, 3.63) is 36.5 Å². The van der Waals surface area contributed by atoms with Crippen LogP contribution in [0.2, 0.25) is 0 Å². The average molecular weight is 349 g/mol. The minimum Gasteiger partial charge on any atom is -0.396 e. The lowest BCUT2D eigenvalue weighted by Crippen LogP contribution is -1.92. The van der Waals surface area contributed by atoms with Gasteiger partial charge in [0.05, 0.1) is 12.2 Å². The number of hydrogen-bond donors (Lipinski definition) is 1. The highest BCUT2D eigenvalue weighted by atomic mass is 16.6. The zero-order valence-corrected chi connectivity index (χ0v) is 16.4. The van der Waals surface area contributed by atoms with Crippen LogP contribution in [-0.2, 0) is 4.74 Å². The van der Waals surface area contributed by atoms with Crippen LogP contribution in [0.4, 0.5) is 0 Å². The van der Waals surface area contributed by atoms with Crippen molar-refractivity contribution in [2.24, 2.45) is 0 Å². The van der Waals surface area contributed by atoms with Gasteiger partial charge in [0.2, 0.25) is 0 Å². The Morgan fingerprint density at radius 2 is 1.32 bits per heavy atom. The van der Waals surface area contributed by atoms with Crippen molar-refractivity contribution < 1.29 is 9.84 Å². The summed E-state index contributed by atoms with van der Waals surface area (Å²) in [7, 11) is 0. The van der Waals surface area contributed by atoms with Crippen LogP contribution in [0.1, 0.15) is 90.4 Å². The number of epoxide rings is 1.